The number of hydrogen-bond donors (Lipinski definition) is 1. The molecule has 2 saturated heterocycles. The molecule has 6 nitrogen and oxygen atoms in total. The number of piperidine rings is 1. The highest BCUT2D eigenvalue weighted by atomic mass is 19.3. The Morgan fingerprint density at radius 1 is 1.35 bits per heavy atom. The zero-order valence-corrected chi connectivity index (χ0v) is 15.0. The molecular weight excluding hydrogens is 342 g/mol. The molecule has 0 bridgehead atoms. The number of aryl methyl sites for hydroxylation is 1. The highest BCUT2D eigenvalue weighted by molar-refractivity contribution is 5.81. The van der Waals surface area contributed by atoms with E-state index in [0.717, 1.165) is 31.4 Å². The van der Waals surface area contributed by atoms with E-state index in [9.17, 15) is 13.6 Å². The maximum atomic E-state index is 13.5. The largest absolute Gasteiger partial charge is 0.368 e. The lowest BCUT2D eigenvalue weighted by atomic mass is 9.85. The van der Waals surface area contributed by atoms with Gasteiger partial charge in [0.05, 0.1) is 5.69 Å². The first-order valence-corrected chi connectivity index (χ1v) is 9.54. The fourth-order valence-electron chi connectivity index (χ4n) is 4.50. The molecule has 1 amide bonds. The number of rotatable bonds is 3. The predicted octanol–water partition coefficient (Wildman–Crippen LogP) is 2.60. The van der Waals surface area contributed by atoms with Gasteiger partial charge in [-0.1, -0.05) is 0 Å². The molecule has 0 aliphatic carbocycles. The summed E-state index contributed by atoms with van der Waals surface area (Å²) in [5.41, 5.74) is 0.746. The number of ether oxygens (including phenoxy) is 1. The first kappa shape index (κ1) is 17.7. The second-order valence-corrected chi connectivity index (χ2v) is 7.67. The van der Waals surface area contributed by atoms with Crippen LogP contribution in [0.2, 0.25) is 0 Å². The van der Waals surface area contributed by atoms with Crippen molar-refractivity contribution >= 4 is 11.7 Å². The number of carbonyl (C=O) groups is 1. The van der Waals surface area contributed by atoms with Crippen molar-refractivity contribution in [3.05, 3.63) is 11.8 Å². The van der Waals surface area contributed by atoms with Gasteiger partial charge in [-0.2, -0.15) is 5.10 Å². The van der Waals surface area contributed by atoms with Crippen LogP contribution in [0, 0.1) is 12.8 Å². The second kappa shape index (κ2) is 7.13. The van der Waals surface area contributed by atoms with Gasteiger partial charge in [-0.15, -0.1) is 0 Å². The van der Waals surface area contributed by atoms with Crippen molar-refractivity contribution in [1.29, 1.82) is 0 Å². The molecule has 3 aliphatic heterocycles. The average molecular weight is 368 g/mol. The van der Waals surface area contributed by atoms with Crippen LogP contribution in [0.1, 0.15) is 43.8 Å². The molecule has 0 unspecified atom stereocenters. The van der Waals surface area contributed by atoms with Crippen LogP contribution in [0.4, 0.5) is 14.6 Å². The maximum Gasteiger partial charge on any atom is 0.260 e. The molecule has 144 valence electrons. The second-order valence-electron chi connectivity index (χ2n) is 7.67. The maximum absolute atomic E-state index is 13.5. The summed E-state index contributed by atoms with van der Waals surface area (Å²) in [6.45, 7) is 3.85. The van der Waals surface area contributed by atoms with Crippen LogP contribution in [0.5, 0.6) is 0 Å². The van der Waals surface area contributed by atoms with E-state index in [1.165, 1.54) is 4.68 Å². The van der Waals surface area contributed by atoms with Gasteiger partial charge in [-0.3, -0.25) is 4.79 Å². The molecule has 1 aromatic heterocycles. The number of carbonyl (C=O) groups excluding carboxylic acids is 1. The third-order valence-corrected chi connectivity index (χ3v) is 5.92. The topological polar surface area (TPSA) is 59.4 Å². The summed E-state index contributed by atoms with van der Waals surface area (Å²) in [4.78, 5) is 14.3. The number of hydrogen-bond acceptors (Lipinski definition) is 4. The molecule has 0 spiro atoms. The summed E-state index contributed by atoms with van der Waals surface area (Å²) in [5, 5.41) is 7.63. The van der Waals surface area contributed by atoms with Crippen molar-refractivity contribution in [2.45, 2.75) is 63.6 Å². The average Bonchev–Trinajstić information content (AvgIpc) is 3.28. The smallest absolute Gasteiger partial charge is 0.260 e. The van der Waals surface area contributed by atoms with Crippen molar-refractivity contribution in [2.75, 3.05) is 25.0 Å². The van der Waals surface area contributed by atoms with Crippen molar-refractivity contribution in [3.8, 4) is 0 Å². The quantitative estimate of drug-likeness (QED) is 0.891. The summed E-state index contributed by atoms with van der Waals surface area (Å²) in [5.74, 6) is 1.06. The molecule has 0 aromatic carbocycles. The summed E-state index contributed by atoms with van der Waals surface area (Å²) >= 11 is 0. The molecule has 26 heavy (non-hydrogen) atoms. The molecular formula is C18H26F2N4O2. The fourth-order valence-corrected chi connectivity index (χ4v) is 4.50. The highest BCUT2D eigenvalue weighted by Crippen LogP contribution is 2.37. The number of amides is 1. The van der Waals surface area contributed by atoms with Crippen LogP contribution < -0.4 is 5.32 Å². The van der Waals surface area contributed by atoms with Gasteiger partial charge in [0.1, 0.15) is 18.0 Å². The Bertz CT molecular complexity index is 652. The molecule has 0 radical (unpaired) electrons. The molecule has 1 aromatic rings. The number of alkyl halides is 2. The lowest BCUT2D eigenvalue weighted by molar-refractivity contribution is -0.142. The zero-order valence-electron chi connectivity index (χ0n) is 15.0. The fraction of sp³-hybridized carbons (Fsp3) is 0.778. The number of halogens is 2. The number of nitrogens with zero attached hydrogens (tertiary/aromatic N) is 3. The van der Waals surface area contributed by atoms with E-state index >= 15 is 0 Å². The van der Waals surface area contributed by atoms with E-state index in [4.69, 9.17) is 4.74 Å². The summed E-state index contributed by atoms with van der Waals surface area (Å²) in [6.07, 6.45) is 1.08. The zero-order chi connectivity index (χ0) is 18.3. The number of aromatic nitrogens is 2. The predicted molar refractivity (Wildman–Crippen MR) is 92.3 cm³/mol. The standard InChI is InChI=1S/C18H26F2N4O2/c1-11-9-16-21-13(10-14(17(19)20)24(16)22-11)12-4-6-23(7-5-12)18(25)15-3-2-8-26-15/h9,12-15,17,21H,2-8,10H2,1H3/t13-,14+,15+/m0/s1. The first-order chi connectivity index (χ1) is 12.5. The summed E-state index contributed by atoms with van der Waals surface area (Å²) in [7, 11) is 0. The first-order valence-electron chi connectivity index (χ1n) is 9.54. The van der Waals surface area contributed by atoms with Crippen LogP contribution in [0.3, 0.4) is 0 Å². The van der Waals surface area contributed by atoms with E-state index in [1.807, 2.05) is 17.9 Å². The van der Waals surface area contributed by atoms with Gasteiger partial charge in [0, 0.05) is 31.8 Å². The van der Waals surface area contributed by atoms with Gasteiger partial charge < -0.3 is 15.0 Å². The number of anilines is 1. The van der Waals surface area contributed by atoms with Gasteiger partial charge >= 0.3 is 0 Å². The Morgan fingerprint density at radius 2 is 2.12 bits per heavy atom. The Balaban J connectivity index is 1.39. The SMILES string of the molecule is Cc1cc2n(n1)[C@@H](C(F)F)C[C@@H](C1CCN(C(=O)[C@H]3CCCO3)CC1)N2. The van der Waals surface area contributed by atoms with Crippen LogP contribution in [-0.4, -0.2) is 58.9 Å². The van der Waals surface area contributed by atoms with Crippen LogP contribution in [-0.2, 0) is 9.53 Å². The number of likely N-dealkylation sites (tertiary alicyclic amines) is 1. The normalized spacial score (nSPS) is 29.7. The van der Waals surface area contributed by atoms with Crippen molar-refractivity contribution in [2.24, 2.45) is 5.92 Å². The van der Waals surface area contributed by atoms with Gasteiger partial charge in [-0.05, 0) is 44.9 Å². The molecule has 1 N–H and O–H groups in total. The van der Waals surface area contributed by atoms with Gasteiger partial charge in [0.25, 0.3) is 12.3 Å². The minimum Gasteiger partial charge on any atom is -0.368 e. The Labute approximate surface area is 151 Å². The highest BCUT2D eigenvalue weighted by Gasteiger charge is 2.39. The minimum absolute atomic E-state index is 0.00224. The lowest BCUT2D eigenvalue weighted by Crippen LogP contribution is -2.48. The lowest BCUT2D eigenvalue weighted by Gasteiger charge is -2.40. The van der Waals surface area contributed by atoms with Crippen LogP contribution in [0.25, 0.3) is 0 Å². The van der Waals surface area contributed by atoms with E-state index in [1.54, 1.807) is 0 Å². The Hall–Kier alpha value is -1.70. The third kappa shape index (κ3) is 3.31. The van der Waals surface area contributed by atoms with Crippen LogP contribution >= 0.6 is 0 Å². The van der Waals surface area contributed by atoms with Gasteiger partial charge in [-0.25, -0.2) is 13.5 Å². The summed E-state index contributed by atoms with van der Waals surface area (Å²) in [6, 6.07) is 0.951. The molecule has 0 saturated carbocycles. The van der Waals surface area contributed by atoms with Crippen molar-refractivity contribution in [1.82, 2.24) is 14.7 Å². The Kier molecular flexibility index (Phi) is 4.86. The van der Waals surface area contributed by atoms with E-state index in [2.05, 4.69) is 10.4 Å². The number of fused-ring (bicyclic) bond motifs is 1. The minimum atomic E-state index is -2.43. The van der Waals surface area contributed by atoms with Gasteiger partial charge in [0.2, 0.25) is 0 Å². The van der Waals surface area contributed by atoms with E-state index in [-0.39, 0.29) is 24.0 Å². The molecule has 4 rings (SSSR count). The molecule has 3 atom stereocenters. The van der Waals surface area contributed by atoms with Crippen molar-refractivity contribution in [3.63, 3.8) is 0 Å². The summed E-state index contributed by atoms with van der Waals surface area (Å²) < 4.78 is 34.0. The van der Waals surface area contributed by atoms with E-state index < -0.39 is 12.5 Å². The monoisotopic (exact) mass is 368 g/mol. The van der Waals surface area contributed by atoms with Crippen LogP contribution in [0.15, 0.2) is 6.07 Å². The third-order valence-electron chi connectivity index (χ3n) is 5.92. The Morgan fingerprint density at radius 3 is 2.77 bits per heavy atom. The van der Waals surface area contributed by atoms with Gasteiger partial charge in [0.15, 0.2) is 0 Å². The van der Waals surface area contributed by atoms with Crippen molar-refractivity contribution < 1.29 is 18.3 Å². The number of nitrogens with one attached hydrogen (secondary N) is 1. The molecule has 4 heterocycles. The molecule has 2 fully saturated rings. The molecule has 3 aliphatic rings. The van der Waals surface area contributed by atoms with E-state index in [0.29, 0.717) is 31.9 Å². The molecule has 8 heteroatoms.